The van der Waals surface area contributed by atoms with E-state index in [0.717, 1.165) is 12.0 Å². The number of rotatable bonds is 14. The van der Waals surface area contributed by atoms with Gasteiger partial charge in [0.25, 0.3) is 11.8 Å². The molecule has 1 heterocycles. The van der Waals surface area contributed by atoms with Crippen LogP contribution in [0.25, 0.3) is 0 Å². The molecule has 10 nitrogen and oxygen atoms in total. The molecular formula is C32H49N4O6S+. The van der Waals surface area contributed by atoms with Gasteiger partial charge in [0.1, 0.15) is 5.75 Å². The van der Waals surface area contributed by atoms with Crippen LogP contribution < -0.4 is 15.5 Å². The number of carbonyl (C=O) groups excluding carboxylic acids is 2. The Balaban J connectivity index is 2.01. The van der Waals surface area contributed by atoms with Crippen LogP contribution in [0.15, 0.2) is 59.5 Å². The van der Waals surface area contributed by atoms with Gasteiger partial charge < -0.3 is 10.1 Å². The SMILES string of the molecule is CCC(Cc1ccccc1)N(C(=O)CC(C)(C)C)[N+](O)(C[C@@H](C)CS(=O)(=O)c1ccc(OC)cc1)NC(=O)C1CCCN1. The van der Waals surface area contributed by atoms with Gasteiger partial charge in [-0.1, -0.05) is 65.0 Å². The molecule has 3 rings (SSSR count). The Morgan fingerprint density at radius 3 is 2.33 bits per heavy atom. The molecule has 0 saturated carbocycles. The zero-order valence-corrected chi connectivity index (χ0v) is 27.2. The molecule has 11 heteroatoms. The molecule has 2 amide bonds. The van der Waals surface area contributed by atoms with Crippen LogP contribution in [0.4, 0.5) is 0 Å². The molecule has 3 unspecified atom stereocenters. The topological polar surface area (TPSA) is 125 Å². The van der Waals surface area contributed by atoms with Crippen LogP contribution in [-0.4, -0.2) is 73.3 Å². The average Bonchev–Trinajstić information content (AvgIpc) is 3.47. The number of nitrogens with zero attached hydrogens (tertiary/aromatic N) is 2. The van der Waals surface area contributed by atoms with Crippen LogP contribution in [0, 0.1) is 11.3 Å². The summed E-state index contributed by atoms with van der Waals surface area (Å²) in [6, 6.07) is 14.8. The van der Waals surface area contributed by atoms with Crippen LogP contribution in [0.5, 0.6) is 5.75 Å². The largest absolute Gasteiger partial charge is 0.497 e. The highest BCUT2D eigenvalue weighted by Gasteiger charge is 2.48. The molecule has 3 N–H and O–H groups in total. The van der Waals surface area contributed by atoms with Crippen molar-refractivity contribution in [3.63, 3.8) is 0 Å². The van der Waals surface area contributed by atoms with Gasteiger partial charge in [0.15, 0.2) is 16.4 Å². The van der Waals surface area contributed by atoms with E-state index >= 15 is 0 Å². The number of hydrogen-bond acceptors (Lipinski definition) is 7. The van der Waals surface area contributed by atoms with E-state index in [1.807, 2.05) is 58.0 Å². The second kappa shape index (κ2) is 14.7. The lowest BCUT2D eigenvalue weighted by molar-refractivity contribution is -1.21. The fraction of sp³-hybridized carbons (Fsp3) is 0.562. The molecule has 1 aliphatic rings. The summed E-state index contributed by atoms with van der Waals surface area (Å²) in [5.74, 6) is -1.17. The Bertz CT molecular complexity index is 1310. The average molecular weight is 618 g/mol. The molecule has 0 spiro atoms. The molecule has 0 bridgehead atoms. The first-order valence-corrected chi connectivity index (χ1v) is 16.7. The van der Waals surface area contributed by atoms with Crippen LogP contribution in [-0.2, 0) is 25.8 Å². The zero-order chi connectivity index (χ0) is 31.8. The van der Waals surface area contributed by atoms with Gasteiger partial charge in [-0.15, -0.1) is 10.4 Å². The number of quaternary nitrogens is 1. The summed E-state index contributed by atoms with van der Waals surface area (Å²) in [5.41, 5.74) is 3.34. The number of benzene rings is 2. The third-order valence-electron chi connectivity index (χ3n) is 7.58. The first kappa shape index (κ1) is 34.5. The van der Waals surface area contributed by atoms with E-state index in [-0.39, 0.29) is 29.5 Å². The van der Waals surface area contributed by atoms with E-state index in [0.29, 0.717) is 31.6 Å². The molecule has 0 aliphatic carbocycles. The second-order valence-corrected chi connectivity index (χ2v) is 14.9. The fourth-order valence-corrected chi connectivity index (χ4v) is 7.17. The zero-order valence-electron chi connectivity index (χ0n) is 26.4. The van der Waals surface area contributed by atoms with Gasteiger partial charge in [-0.05, 0) is 67.5 Å². The van der Waals surface area contributed by atoms with Crippen LogP contribution in [0.1, 0.15) is 65.9 Å². The summed E-state index contributed by atoms with van der Waals surface area (Å²) in [5, 5.41) is 16.9. The minimum absolute atomic E-state index is 0.120. The molecule has 4 atom stereocenters. The van der Waals surface area contributed by atoms with Crippen molar-refractivity contribution in [3.8, 4) is 5.75 Å². The Kier molecular flexibility index (Phi) is 11.8. The highest BCUT2D eigenvalue weighted by atomic mass is 32.2. The van der Waals surface area contributed by atoms with Crippen molar-refractivity contribution in [1.82, 2.24) is 15.8 Å². The maximum Gasteiger partial charge on any atom is 0.287 e. The quantitative estimate of drug-likeness (QED) is 0.213. The molecular weight excluding hydrogens is 568 g/mol. The Hall–Kier alpha value is -2.99. The van der Waals surface area contributed by atoms with E-state index in [1.54, 1.807) is 19.1 Å². The minimum Gasteiger partial charge on any atom is -0.497 e. The van der Waals surface area contributed by atoms with Crippen molar-refractivity contribution in [1.29, 1.82) is 0 Å². The lowest BCUT2D eigenvalue weighted by atomic mass is 9.91. The summed E-state index contributed by atoms with van der Waals surface area (Å²) in [4.78, 5) is 26.5. The standard InChI is InChI=1S/C32H48N4O6S/c1-7-26(20-25-12-9-8-10-13-25)35(30(37)21-32(3,4)5)36(39,34-31(38)29-14-11-19-33-29)22-24(2)23-43(40,41)28-17-15-27(42-6)16-18-28/h8-10,12-13,15-18,24,26,29,33,39H,7,11,14,19-23H2,1-6H3/p+1/t24-,26?,29?,36?/m1/s1. The maximum atomic E-state index is 14.1. The highest BCUT2D eigenvalue weighted by molar-refractivity contribution is 7.91. The number of carbonyl (C=O) groups is 2. The van der Waals surface area contributed by atoms with Crippen molar-refractivity contribution in [2.45, 2.75) is 83.7 Å². The lowest BCUT2D eigenvalue weighted by Gasteiger charge is -2.43. The minimum atomic E-state index is -3.76. The number of ether oxygens (including phenoxy) is 1. The van der Waals surface area contributed by atoms with E-state index in [2.05, 4.69) is 10.7 Å². The van der Waals surface area contributed by atoms with Gasteiger partial charge in [0.2, 0.25) is 0 Å². The van der Waals surface area contributed by atoms with Crippen LogP contribution in [0.2, 0.25) is 0 Å². The molecule has 1 fully saturated rings. The summed E-state index contributed by atoms with van der Waals surface area (Å²) < 4.78 is 31.9. The Morgan fingerprint density at radius 2 is 1.79 bits per heavy atom. The molecule has 2 aromatic carbocycles. The van der Waals surface area contributed by atoms with Crippen LogP contribution >= 0.6 is 0 Å². The molecule has 0 radical (unpaired) electrons. The third kappa shape index (κ3) is 9.76. The number of hydroxylamine groups is 1. The number of amides is 2. The molecule has 0 aromatic heterocycles. The Labute approximate surface area is 256 Å². The lowest BCUT2D eigenvalue weighted by Crippen LogP contribution is -2.73. The number of hydrogen-bond donors (Lipinski definition) is 3. The van der Waals surface area contributed by atoms with Crippen molar-refractivity contribution >= 4 is 21.7 Å². The predicted octanol–water partition coefficient (Wildman–Crippen LogP) is 4.30. The monoisotopic (exact) mass is 617 g/mol. The van der Waals surface area contributed by atoms with Gasteiger partial charge in [0, 0.05) is 17.2 Å². The van der Waals surface area contributed by atoms with E-state index in [9.17, 15) is 23.2 Å². The van der Waals surface area contributed by atoms with E-state index in [1.165, 1.54) is 24.3 Å². The third-order valence-corrected chi connectivity index (χ3v) is 9.58. The second-order valence-electron chi connectivity index (χ2n) is 12.8. The Morgan fingerprint density at radius 1 is 1.14 bits per heavy atom. The number of sulfone groups is 1. The van der Waals surface area contributed by atoms with Crippen molar-refractivity contribution in [3.05, 3.63) is 60.2 Å². The molecule has 1 aliphatic heterocycles. The summed E-state index contributed by atoms with van der Waals surface area (Å²) >= 11 is 0. The van der Waals surface area contributed by atoms with Crippen LogP contribution in [0.3, 0.4) is 0 Å². The smallest absolute Gasteiger partial charge is 0.287 e. The molecule has 2 aromatic rings. The predicted molar refractivity (Wildman–Crippen MR) is 165 cm³/mol. The highest BCUT2D eigenvalue weighted by Crippen LogP contribution is 2.28. The van der Waals surface area contributed by atoms with Crippen molar-refractivity contribution < 1.29 is 32.8 Å². The van der Waals surface area contributed by atoms with Crippen molar-refractivity contribution in [2.75, 3.05) is 26.0 Å². The summed E-state index contributed by atoms with van der Waals surface area (Å²) in [6.07, 6.45) is 2.49. The molecule has 43 heavy (non-hydrogen) atoms. The first-order valence-electron chi connectivity index (χ1n) is 15.1. The van der Waals surface area contributed by atoms with E-state index in [4.69, 9.17) is 4.74 Å². The summed E-state index contributed by atoms with van der Waals surface area (Å²) in [7, 11) is -2.25. The van der Waals surface area contributed by atoms with Gasteiger partial charge in [-0.2, -0.15) is 5.21 Å². The van der Waals surface area contributed by atoms with Gasteiger partial charge in [-0.25, -0.2) is 8.42 Å². The molecule has 1 saturated heterocycles. The van der Waals surface area contributed by atoms with Gasteiger partial charge in [0.05, 0.1) is 29.8 Å². The van der Waals surface area contributed by atoms with Gasteiger partial charge in [-0.3, -0.25) is 9.59 Å². The molecule has 238 valence electrons. The number of nitrogens with one attached hydrogen (secondary N) is 2. The fourth-order valence-electron chi connectivity index (χ4n) is 5.57. The van der Waals surface area contributed by atoms with Gasteiger partial charge >= 0.3 is 0 Å². The van der Waals surface area contributed by atoms with E-state index < -0.39 is 44.0 Å². The first-order chi connectivity index (χ1) is 20.2. The van der Waals surface area contributed by atoms with Crippen molar-refractivity contribution in [2.24, 2.45) is 11.3 Å². The maximum absolute atomic E-state index is 14.1. The normalized spacial score (nSPS) is 18.3. The number of methoxy groups -OCH3 is 1. The summed E-state index contributed by atoms with van der Waals surface area (Å²) in [6.45, 7) is 9.92.